The molecular formula is C12H15BrClNO2. The van der Waals surface area contributed by atoms with E-state index in [1.54, 1.807) is 26.0 Å². The van der Waals surface area contributed by atoms with Crippen LogP contribution in [-0.4, -0.2) is 23.4 Å². The highest BCUT2D eigenvalue weighted by molar-refractivity contribution is 9.10. The zero-order valence-corrected chi connectivity index (χ0v) is 12.1. The van der Waals surface area contributed by atoms with Gasteiger partial charge in [0, 0.05) is 0 Å². The minimum Gasteiger partial charge on any atom is -0.490 e. The van der Waals surface area contributed by atoms with Crippen LogP contribution in [0.1, 0.15) is 13.8 Å². The van der Waals surface area contributed by atoms with Crippen molar-refractivity contribution in [1.29, 1.82) is 0 Å². The van der Waals surface area contributed by atoms with Crippen LogP contribution in [0.4, 0.5) is 0 Å². The molecule has 1 rings (SSSR count). The third-order valence-corrected chi connectivity index (χ3v) is 2.69. The van der Waals surface area contributed by atoms with Crippen LogP contribution in [0.15, 0.2) is 24.3 Å². The predicted molar refractivity (Wildman–Crippen MR) is 73.0 cm³/mol. The predicted octanol–water partition coefficient (Wildman–Crippen LogP) is 3.01. The summed E-state index contributed by atoms with van der Waals surface area (Å²) in [6.45, 7) is 4.41. The lowest BCUT2D eigenvalue weighted by molar-refractivity contribution is -0.122. The molecule has 0 bridgehead atoms. The van der Waals surface area contributed by atoms with Crippen molar-refractivity contribution >= 4 is 33.4 Å². The van der Waals surface area contributed by atoms with Gasteiger partial charge in [0.2, 0.25) is 5.91 Å². The molecule has 0 fully saturated rings. The van der Waals surface area contributed by atoms with Crippen LogP contribution < -0.4 is 10.1 Å². The first-order valence-electron chi connectivity index (χ1n) is 5.26. The molecule has 0 atom stereocenters. The molecule has 3 nitrogen and oxygen atoms in total. The lowest BCUT2D eigenvalue weighted by atomic mass is 10.2. The van der Waals surface area contributed by atoms with Crippen molar-refractivity contribution in [2.24, 2.45) is 0 Å². The number of para-hydroxylation sites is 1. The Morgan fingerprint density at radius 1 is 1.47 bits per heavy atom. The number of alkyl halides is 1. The fourth-order valence-corrected chi connectivity index (χ4v) is 1.43. The second-order valence-corrected chi connectivity index (χ2v) is 6.40. The average molecular weight is 321 g/mol. The number of carbonyl (C=O) groups is 1. The number of halogens is 2. The van der Waals surface area contributed by atoms with Crippen molar-refractivity contribution in [1.82, 2.24) is 5.32 Å². The number of hydrogen-bond donors (Lipinski definition) is 1. The third-order valence-electron chi connectivity index (χ3n) is 2.02. The molecule has 0 radical (unpaired) electrons. The number of nitrogens with one attached hydrogen (secondary N) is 1. The highest BCUT2D eigenvalue weighted by Crippen LogP contribution is 2.22. The maximum atomic E-state index is 11.5. The molecule has 0 aromatic heterocycles. The number of amides is 1. The van der Waals surface area contributed by atoms with Gasteiger partial charge in [-0.1, -0.05) is 39.7 Å². The van der Waals surface area contributed by atoms with Gasteiger partial charge in [0.1, 0.15) is 12.4 Å². The molecule has 0 saturated carbocycles. The molecule has 5 heteroatoms. The lowest BCUT2D eigenvalue weighted by Crippen LogP contribution is -2.39. The molecule has 0 saturated heterocycles. The Kier molecular flexibility index (Phi) is 5.28. The van der Waals surface area contributed by atoms with E-state index in [-0.39, 0.29) is 5.91 Å². The number of ether oxygens (including phenoxy) is 1. The van der Waals surface area contributed by atoms with Crippen molar-refractivity contribution in [2.45, 2.75) is 18.2 Å². The van der Waals surface area contributed by atoms with Crippen LogP contribution in [-0.2, 0) is 4.79 Å². The first kappa shape index (κ1) is 14.3. The van der Waals surface area contributed by atoms with Gasteiger partial charge in [-0.15, -0.1) is 0 Å². The fraction of sp³-hybridized carbons (Fsp3) is 0.417. The van der Waals surface area contributed by atoms with Gasteiger partial charge in [-0.25, -0.2) is 0 Å². The van der Waals surface area contributed by atoms with Crippen LogP contribution >= 0.6 is 27.5 Å². The smallest absolute Gasteiger partial charge is 0.236 e. The van der Waals surface area contributed by atoms with Gasteiger partial charge >= 0.3 is 0 Å². The standard InChI is InChI=1S/C12H15BrClNO2/c1-12(2,13)11(16)15-7-8-17-10-6-4-3-5-9(10)14/h3-6H,7-8H2,1-2H3,(H,15,16). The summed E-state index contributed by atoms with van der Waals surface area (Å²) in [7, 11) is 0. The summed E-state index contributed by atoms with van der Waals surface area (Å²) in [4.78, 5) is 11.5. The molecule has 0 unspecified atom stereocenters. The van der Waals surface area contributed by atoms with Gasteiger partial charge in [-0.05, 0) is 26.0 Å². The van der Waals surface area contributed by atoms with Crippen LogP contribution in [0, 0.1) is 0 Å². The minimum absolute atomic E-state index is 0.0692. The summed E-state index contributed by atoms with van der Waals surface area (Å²) in [6.07, 6.45) is 0. The highest BCUT2D eigenvalue weighted by atomic mass is 79.9. The molecule has 1 N–H and O–H groups in total. The van der Waals surface area contributed by atoms with Gasteiger partial charge in [0.15, 0.2) is 0 Å². The summed E-state index contributed by atoms with van der Waals surface area (Å²) in [5.41, 5.74) is 0. The molecule has 17 heavy (non-hydrogen) atoms. The van der Waals surface area contributed by atoms with Crippen LogP contribution in [0.2, 0.25) is 5.02 Å². The van der Waals surface area contributed by atoms with E-state index in [0.29, 0.717) is 23.9 Å². The Bertz CT molecular complexity index is 390. The van der Waals surface area contributed by atoms with Gasteiger partial charge in [0.25, 0.3) is 0 Å². The third kappa shape index (κ3) is 4.96. The topological polar surface area (TPSA) is 38.3 Å². The second kappa shape index (κ2) is 6.26. The molecule has 0 aliphatic rings. The van der Waals surface area contributed by atoms with Crippen molar-refractivity contribution in [3.63, 3.8) is 0 Å². The fourth-order valence-electron chi connectivity index (χ4n) is 1.10. The number of benzene rings is 1. The summed E-state index contributed by atoms with van der Waals surface area (Å²) in [5.74, 6) is 0.557. The van der Waals surface area contributed by atoms with Gasteiger partial charge in [0.05, 0.1) is 15.9 Å². The summed E-state index contributed by atoms with van der Waals surface area (Å²) in [6, 6.07) is 7.24. The van der Waals surface area contributed by atoms with E-state index in [9.17, 15) is 4.79 Å². The summed E-state index contributed by atoms with van der Waals surface area (Å²) in [5, 5.41) is 3.33. The zero-order valence-electron chi connectivity index (χ0n) is 9.80. The van der Waals surface area contributed by atoms with Gasteiger partial charge < -0.3 is 10.1 Å². The maximum Gasteiger partial charge on any atom is 0.236 e. The van der Waals surface area contributed by atoms with E-state index in [2.05, 4.69) is 21.2 Å². The SMILES string of the molecule is CC(C)(Br)C(=O)NCCOc1ccccc1Cl. The molecule has 0 aliphatic heterocycles. The summed E-state index contributed by atoms with van der Waals surface area (Å²) < 4.78 is 4.88. The van der Waals surface area contributed by atoms with Crippen LogP contribution in [0.3, 0.4) is 0 Å². The Labute approximate surface area is 115 Å². The Hall–Kier alpha value is -0.740. The molecule has 1 aromatic carbocycles. The van der Waals surface area contributed by atoms with E-state index in [4.69, 9.17) is 16.3 Å². The van der Waals surface area contributed by atoms with Crippen LogP contribution in [0.5, 0.6) is 5.75 Å². The molecular weight excluding hydrogens is 305 g/mol. The van der Waals surface area contributed by atoms with Gasteiger partial charge in [-0.2, -0.15) is 0 Å². The Morgan fingerprint density at radius 3 is 2.71 bits per heavy atom. The molecule has 0 spiro atoms. The Morgan fingerprint density at radius 2 is 2.12 bits per heavy atom. The first-order valence-corrected chi connectivity index (χ1v) is 6.43. The molecule has 0 aliphatic carbocycles. The van der Waals surface area contributed by atoms with E-state index in [0.717, 1.165) is 0 Å². The van der Waals surface area contributed by atoms with E-state index >= 15 is 0 Å². The van der Waals surface area contributed by atoms with E-state index in [1.807, 2.05) is 12.1 Å². The monoisotopic (exact) mass is 319 g/mol. The number of hydrogen-bond acceptors (Lipinski definition) is 2. The van der Waals surface area contributed by atoms with Crippen molar-refractivity contribution in [3.8, 4) is 5.75 Å². The van der Waals surface area contributed by atoms with Crippen molar-refractivity contribution in [2.75, 3.05) is 13.2 Å². The largest absolute Gasteiger partial charge is 0.490 e. The molecule has 94 valence electrons. The van der Waals surface area contributed by atoms with E-state index < -0.39 is 4.32 Å². The molecule has 0 heterocycles. The first-order chi connectivity index (χ1) is 7.91. The lowest BCUT2D eigenvalue weighted by Gasteiger charge is -2.16. The number of carbonyl (C=O) groups excluding carboxylic acids is 1. The average Bonchev–Trinajstić information content (AvgIpc) is 2.25. The zero-order chi connectivity index (χ0) is 12.9. The molecule has 1 amide bonds. The van der Waals surface area contributed by atoms with E-state index in [1.165, 1.54) is 0 Å². The van der Waals surface area contributed by atoms with Crippen LogP contribution in [0.25, 0.3) is 0 Å². The second-order valence-electron chi connectivity index (χ2n) is 4.01. The van der Waals surface area contributed by atoms with Crippen molar-refractivity contribution in [3.05, 3.63) is 29.3 Å². The normalized spacial score (nSPS) is 11.1. The molecule has 1 aromatic rings. The highest BCUT2D eigenvalue weighted by Gasteiger charge is 2.22. The number of rotatable bonds is 5. The Balaban J connectivity index is 2.30. The summed E-state index contributed by atoms with van der Waals surface area (Å²) >= 11 is 9.20. The van der Waals surface area contributed by atoms with Crippen molar-refractivity contribution < 1.29 is 9.53 Å². The maximum absolute atomic E-state index is 11.5. The minimum atomic E-state index is -0.558. The quantitative estimate of drug-likeness (QED) is 0.669. The van der Waals surface area contributed by atoms with Gasteiger partial charge in [-0.3, -0.25) is 4.79 Å².